The van der Waals surface area contributed by atoms with Gasteiger partial charge in [0.25, 0.3) is 0 Å². The van der Waals surface area contributed by atoms with E-state index >= 15 is 0 Å². The molecule has 0 unspecified atom stereocenters. The van der Waals surface area contributed by atoms with Crippen molar-refractivity contribution < 1.29 is 31.1 Å². The van der Waals surface area contributed by atoms with Crippen molar-refractivity contribution in [2.45, 2.75) is 19.0 Å². The summed E-state index contributed by atoms with van der Waals surface area (Å²) in [6.45, 7) is -0.366. The van der Waals surface area contributed by atoms with Crippen LogP contribution in [0.1, 0.15) is 6.42 Å². The summed E-state index contributed by atoms with van der Waals surface area (Å²) in [6, 6.07) is 3.41. The Morgan fingerprint density at radius 3 is 2.21 bits per heavy atom. The minimum Gasteiger partial charge on any atom is -0.405 e. The van der Waals surface area contributed by atoms with E-state index in [0.717, 1.165) is 6.07 Å². The Kier molecular flexibility index (Phi) is 4.94. The van der Waals surface area contributed by atoms with Gasteiger partial charge in [0.05, 0.1) is 10.9 Å². The Morgan fingerprint density at radius 1 is 1.11 bits per heavy atom. The first-order valence-electron chi connectivity index (χ1n) is 4.93. The third kappa shape index (κ3) is 6.55. The van der Waals surface area contributed by atoms with Gasteiger partial charge in [0, 0.05) is 12.2 Å². The van der Waals surface area contributed by atoms with Crippen molar-refractivity contribution >= 4 is 21.6 Å². The molecule has 0 spiro atoms. The lowest BCUT2D eigenvalue weighted by molar-refractivity contribution is -0.274. The standard InChI is InChI=1S/C10H8BrF6NO/c11-7-5-6(18-4-3-9(12,13)14)1-2-8(7)19-10(15,16)17/h1-2,5,18H,3-4H2. The number of nitrogens with one attached hydrogen (secondary N) is 1. The molecule has 0 aliphatic carbocycles. The number of ether oxygens (including phenoxy) is 1. The molecule has 0 saturated carbocycles. The van der Waals surface area contributed by atoms with Crippen LogP contribution in [0.15, 0.2) is 22.7 Å². The molecular weight excluding hydrogens is 344 g/mol. The summed E-state index contributed by atoms with van der Waals surface area (Å²) < 4.78 is 75.3. The Hall–Kier alpha value is -1.12. The summed E-state index contributed by atoms with van der Waals surface area (Å²) in [4.78, 5) is 0. The SMILES string of the molecule is FC(F)(F)CCNc1ccc(OC(F)(F)F)c(Br)c1. The third-order valence-corrected chi connectivity index (χ3v) is 2.51. The molecule has 0 saturated heterocycles. The topological polar surface area (TPSA) is 21.3 Å². The van der Waals surface area contributed by atoms with Crippen LogP contribution < -0.4 is 10.1 Å². The Labute approximate surface area is 112 Å². The van der Waals surface area contributed by atoms with Gasteiger partial charge < -0.3 is 10.1 Å². The zero-order chi connectivity index (χ0) is 14.7. The molecule has 0 aliphatic heterocycles. The summed E-state index contributed by atoms with van der Waals surface area (Å²) in [5, 5.41) is 2.45. The molecule has 0 atom stereocenters. The first-order valence-corrected chi connectivity index (χ1v) is 5.72. The van der Waals surface area contributed by atoms with E-state index < -0.39 is 24.7 Å². The fourth-order valence-corrected chi connectivity index (χ4v) is 1.63. The van der Waals surface area contributed by atoms with Gasteiger partial charge in [-0.2, -0.15) is 13.2 Å². The summed E-state index contributed by atoms with van der Waals surface area (Å²) in [6.07, 6.45) is -10.2. The number of halogens is 7. The van der Waals surface area contributed by atoms with E-state index in [0.29, 0.717) is 0 Å². The van der Waals surface area contributed by atoms with Crippen LogP contribution >= 0.6 is 15.9 Å². The van der Waals surface area contributed by atoms with Crippen molar-refractivity contribution in [1.29, 1.82) is 0 Å². The third-order valence-electron chi connectivity index (χ3n) is 1.90. The highest BCUT2D eigenvalue weighted by atomic mass is 79.9. The molecule has 0 fully saturated rings. The second-order valence-electron chi connectivity index (χ2n) is 3.48. The monoisotopic (exact) mass is 351 g/mol. The number of anilines is 1. The highest BCUT2D eigenvalue weighted by molar-refractivity contribution is 9.10. The number of rotatable bonds is 4. The van der Waals surface area contributed by atoms with E-state index in [-0.39, 0.29) is 16.7 Å². The Bertz CT molecular complexity index is 431. The van der Waals surface area contributed by atoms with Crippen molar-refractivity contribution in [2.75, 3.05) is 11.9 Å². The van der Waals surface area contributed by atoms with Gasteiger partial charge in [0.1, 0.15) is 5.75 Å². The summed E-state index contributed by atoms with van der Waals surface area (Å²) in [5.74, 6) is -0.464. The van der Waals surface area contributed by atoms with Crippen LogP contribution in [-0.4, -0.2) is 19.1 Å². The molecule has 0 heterocycles. The van der Waals surface area contributed by atoms with Crippen LogP contribution in [0.3, 0.4) is 0 Å². The van der Waals surface area contributed by atoms with Crippen molar-refractivity contribution in [3.63, 3.8) is 0 Å². The van der Waals surface area contributed by atoms with Crippen molar-refractivity contribution in [3.8, 4) is 5.75 Å². The molecule has 19 heavy (non-hydrogen) atoms. The molecule has 2 nitrogen and oxygen atoms in total. The maximum Gasteiger partial charge on any atom is 0.573 e. The Balaban J connectivity index is 2.62. The molecule has 1 aromatic rings. The highest BCUT2D eigenvalue weighted by Gasteiger charge is 2.32. The number of benzene rings is 1. The highest BCUT2D eigenvalue weighted by Crippen LogP contribution is 2.32. The predicted octanol–water partition coefficient (Wildman–Crippen LogP) is 4.71. The lowest BCUT2D eigenvalue weighted by Crippen LogP contribution is -2.17. The van der Waals surface area contributed by atoms with Crippen molar-refractivity contribution in [1.82, 2.24) is 0 Å². The maximum atomic E-state index is 12.0. The number of hydrogen-bond acceptors (Lipinski definition) is 2. The van der Waals surface area contributed by atoms with E-state index in [4.69, 9.17) is 0 Å². The zero-order valence-corrected chi connectivity index (χ0v) is 10.8. The molecule has 1 aromatic carbocycles. The average molecular weight is 352 g/mol. The molecule has 0 aromatic heterocycles. The fraction of sp³-hybridized carbons (Fsp3) is 0.400. The van der Waals surface area contributed by atoms with Gasteiger partial charge in [-0.15, -0.1) is 13.2 Å². The summed E-state index contributed by atoms with van der Waals surface area (Å²) >= 11 is 2.84. The van der Waals surface area contributed by atoms with Gasteiger partial charge in [-0.3, -0.25) is 0 Å². The first-order chi connectivity index (χ1) is 8.57. The van der Waals surface area contributed by atoms with Crippen LogP contribution in [0.25, 0.3) is 0 Å². The second kappa shape index (κ2) is 5.89. The molecule has 1 rings (SSSR count). The van der Waals surface area contributed by atoms with E-state index in [1.54, 1.807) is 0 Å². The number of alkyl halides is 6. The number of hydrogen-bond donors (Lipinski definition) is 1. The van der Waals surface area contributed by atoms with E-state index in [9.17, 15) is 26.3 Å². The summed E-state index contributed by atoms with van der Waals surface area (Å²) in [7, 11) is 0. The van der Waals surface area contributed by atoms with Crippen LogP contribution in [0.2, 0.25) is 0 Å². The van der Waals surface area contributed by atoms with Gasteiger partial charge in [-0.1, -0.05) is 0 Å². The minimum absolute atomic E-state index is 0.0122. The van der Waals surface area contributed by atoms with Crippen molar-refractivity contribution in [3.05, 3.63) is 22.7 Å². The summed E-state index contributed by atoms with van der Waals surface area (Å²) in [5.41, 5.74) is 0.255. The van der Waals surface area contributed by atoms with Gasteiger partial charge in [-0.05, 0) is 34.1 Å². The molecular formula is C10H8BrF6NO. The van der Waals surface area contributed by atoms with E-state index in [2.05, 4.69) is 26.0 Å². The molecule has 0 amide bonds. The molecule has 0 bridgehead atoms. The molecule has 108 valence electrons. The second-order valence-corrected chi connectivity index (χ2v) is 4.34. The minimum atomic E-state index is -4.83. The average Bonchev–Trinajstić information content (AvgIpc) is 2.18. The van der Waals surface area contributed by atoms with Gasteiger partial charge in [0.2, 0.25) is 0 Å². The molecule has 0 aliphatic rings. The smallest absolute Gasteiger partial charge is 0.405 e. The fourth-order valence-electron chi connectivity index (χ4n) is 1.17. The van der Waals surface area contributed by atoms with Crippen molar-refractivity contribution in [2.24, 2.45) is 0 Å². The van der Waals surface area contributed by atoms with Crippen LogP contribution in [-0.2, 0) is 0 Å². The normalized spacial score (nSPS) is 12.4. The maximum absolute atomic E-state index is 12.0. The largest absolute Gasteiger partial charge is 0.573 e. The van der Waals surface area contributed by atoms with Gasteiger partial charge in [0.15, 0.2) is 0 Å². The predicted molar refractivity (Wildman–Crippen MR) is 60.0 cm³/mol. The zero-order valence-electron chi connectivity index (χ0n) is 9.20. The van der Waals surface area contributed by atoms with Gasteiger partial charge >= 0.3 is 12.5 Å². The van der Waals surface area contributed by atoms with Crippen LogP contribution in [0, 0.1) is 0 Å². The van der Waals surface area contributed by atoms with Crippen LogP contribution in [0.4, 0.5) is 32.0 Å². The quantitative estimate of drug-likeness (QED) is 0.793. The van der Waals surface area contributed by atoms with Crippen LogP contribution in [0.5, 0.6) is 5.75 Å². The molecule has 9 heteroatoms. The Morgan fingerprint density at radius 2 is 1.74 bits per heavy atom. The molecule has 0 radical (unpaired) electrons. The lowest BCUT2D eigenvalue weighted by Gasteiger charge is -2.13. The molecule has 1 N–H and O–H groups in total. The lowest BCUT2D eigenvalue weighted by atomic mass is 10.3. The van der Waals surface area contributed by atoms with E-state index in [1.807, 2.05) is 0 Å². The first kappa shape index (κ1) is 15.9. The van der Waals surface area contributed by atoms with E-state index in [1.165, 1.54) is 12.1 Å². The van der Waals surface area contributed by atoms with Gasteiger partial charge in [-0.25, -0.2) is 0 Å².